The van der Waals surface area contributed by atoms with Crippen LogP contribution < -0.4 is 5.32 Å². The molecule has 0 aliphatic carbocycles. The molecule has 1 aliphatic heterocycles. The molecular formula is C15H30N2O2. The fourth-order valence-corrected chi connectivity index (χ4v) is 2.18. The molecule has 1 fully saturated rings. The van der Waals surface area contributed by atoms with Crippen molar-refractivity contribution < 1.29 is 9.53 Å². The minimum atomic E-state index is -0.0926. The van der Waals surface area contributed by atoms with Crippen molar-refractivity contribution in [1.29, 1.82) is 0 Å². The van der Waals surface area contributed by atoms with Crippen LogP contribution in [0.15, 0.2) is 0 Å². The highest BCUT2D eigenvalue weighted by Gasteiger charge is 2.26. The fraction of sp³-hybridized carbons (Fsp3) is 0.933. The quantitative estimate of drug-likeness (QED) is 0.854. The largest absolute Gasteiger partial charge is 0.372 e. The van der Waals surface area contributed by atoms with Crippen molar-refractivity contribution in [2.45, 2.75) is 71.6 Å². The zero-order valence-electron chi connectivity index (χ0n) is 13.4. The third kappa shape index (κ3) is 6.92. The van der Waals surface area contributed by atoms with Gasteiger partial charge in [-0.2, -0.15) is 0 Å². The Hall–Kier alpha value is -0.610. The second-order valence-electron chi connectivity index (χ2n) is 7.41. The highest BCUT2D eigenvalue weighted by atomic mass is 16.5. The molecule has 1 heterocycles. The first kappa shape index (κ1) is 16.4. The van der Waals surface area contributed by atoms with E-state index in [2.05, 4.69) is 46.9 Å². The first-order valence-corrected chi connectivity index (χ1v) is 7.27. The van der Waals surface area contributed by atoms with E-state index in [1.54, 1.807) is 0 Å². The second kappa shape index (κ2) is 6.23. The van der Waals surface area contributed by atoms with Crippen LogP contribution in [-0.2, 0) is 9.53 Å². The number of likely N-dealkylation sites (tertiary alicyclic amines) is 1. The van der Waals surface area contributed by atoms with Crippen LogP contribution in [-0.4, -0.2) is 47.7 Å². The molecular weight excluding hydrogens is 240 g/mol. The average molecular weight is 270 g/mol. The van der Waals surface area contributed by atoms with Crippen LogP contribution >= 0.6 is 0 Å². The molecule has 1 rings (SSSR count). The number of rotatable bonds is 3. The van der Waals surface area contributed by atoms with Gasteiger partial charge < -0.3 is 15.0 Å². The second-order valence-corrected chi connectivity index (χ2v) is 7.41. The number of carbonyl (C=O) groups is 1. The summed E-state index contributed by atoms with van der Waals surface area (Å²) in [6, 6.07) is 0. The third-order valence-corrected chi connectivity index (χ3v) is 3.08. The van der Waals surface area contributed by atoms with Crippen LogP contribution in [0.25, 0.3) is 0 Å². The van der Waals surface area contributed by atoms with Crippen molar-refractivity contribution in [3.8, 4) is 0 Å². The Labute approximate surface area is 117 Å². The van der Waals surface area contributed by atoms with Crippen LogP contribution in [0.2, 0.25) is 0 Å². The first-order chi connectivity index (χ1) is 8.57. The van der Waals surface area contributed by atoms with E-state index in [-0.39, 0.29) is 17.0 Å². The van der Waals surface area contributed by atoms with Crippen molar-refractivity contribution in [2.75, 3.05) is 19.6 Å². The standard InChI is InChI=1S/C15H30N2O2/c1-14(2,3)16-11-13(18)17-9-7-12(8-10-17)19-15(4,5)6/h12,16H,7-11H2,1-6H3. The predicted molar refractivity (Wildman–Crippen MR) is 78.2 cm³/mol. The van der Waals surface area contributed by atoms with Crippen molar-refractivity contribution in [1.82, 2.24) is 10.2 Å². The minimum Gasteiger partial charge on any atom is -0.372 e. The summed E-state index contributed by atoms with van der Waals surface area (Å²) in [5.41, 5.74) is -0.103. The summed E-state index contributed by atoms with van der Waals surface area (Å²) in [6.45, 7) is 14.5. The normalized spacial score (nSPS) is 18.7. The van der Waals surface area contributed by atoms with Gasteiger partial charge in [-0.3, -0.25) is 4.79 Å². The molecule has 4 nitrogen and oxygen atoms in total. The number of carbonyl (C=O) groups excluding carboxylic acids is 1. The Kier molecular flexibility index (Phi) is 5.39. The van der Waals surface area contributed by atoms with E-state index in [9.17, 15) is 4.79 Å². The van der Waals surface area contributed by atoms with E-state index in [0.717, 1.165) is 25.9 Å². The van der Waals surface area contributed by atoms with E-state index < -0.39 is 0 Å². The molecule has 1 N–H and O–H groups in total. The number of amides is 1. The average Bonchev–Trinajstić information content (AvgIpc) is 2.23. The molecule has 0 unspecified atom stereocenters. The molecule has 19 heavy (non-hydrogen) atoms. The summed E-state index contributed by atoms with van der Waals surface area (Å²) >= 11 is 0. The molecule has 4 heteroatoms. The summed E-state index contributed by atoms with van der Waals surface area (Å²) in [7, 11) is 0. The van der Waals surface area contributed by atoms with Crippen molar-refractivity contribution in [3.63, 3.8) is 0 Å². The highest BCUT2D eigenvalue weighted by Crippen LogP contribution is 2.20. The molecule has 1 aliphatic rings. The van der Waals surface area contributed by atoms with E-state index >= 15 is 0 Å². The lowest BCUT2D eigenvalue weighted by molar-refractivity contribution is -0.135. The molecule has 0 atom stereocenters. The Morgan fingerprint density at radius 2 is 1.68 bits per heavy atom. The Morgan fingerprint density at radius 1 is 1.16 bits per heavy atom. The van der Waals surface area contributed by atoms with Crippen LogP contribution in [0.4, 0.5) is 0 Å². The Bertz CT molecular complexity index is 294. The van der Waals surface area contributed by atoms with Gasteiger partial charge >= 0.3 is 0 Å². The number of hydrogen-bond donors (Lipinski definition) is 1. The number of nitrogens with zero attached hydrogens (tertiary/aromatic N) is 1. The first-order valence-electron chi connectivity index (χ1n) is 7.27. The lowest BCUT2D eigenvalue weighted by atomic mass is 10.1. The van der Waals surface area contributed by atoms with Crippen molar-refractivity contribution >= 4 is 5.91 Å². The Balaban J connectivity index is 2.31. The summed E-state index contributed by atoms with van der Waals surface area (Å²) in [5.74, 6) is 0.198. The summed E-state index contributed by atoms with van der Waals surface area (Å²) in [5, 5.41) is 3.25. The molecule has 112 valence electrons. The molecule has 1 saturated heterocycles. The topological polar surface area (TPSA) is 41.6 Å². The SMILES string of the molecule is CC(C)(C)NCC(=O)N1CCC(OC(C)(C)C)CC1. The molecule has 0 aromatic carbocycles. The van der Waals surface area contributed by atoms with Gasteiger partial charge in [0.25, 0.3) is 0 Å². The predicted octanol–water partition coefficient (Wildman–Crippen LogP) is 2.18. The fourth-order valence-electron chi connectivity index (χ4n) is 2.18. The number of piperidine rings is 1. The maximum Gasteiger partial charge on any atom is 0.236 e. The van der Waals surface area contributed by atoms with Gasteiger partial charge in [-0.25, -0.2) is 0 Å². The monoisotopic (exact) mass is 270 g/mol. The van der Waals surface area contributed by atoms with E-state index in [0.29, 0.717) is 12.6 Å². The highest BCUT2D eigenvalue weighted by molar-refractivity contribution is 5.78. The molecule has 0 aromatic heterocycles. The number of hydrogen-bond acceptors (Lipinski definition) is 3. The van der Waals surface area contributed by atoms with Crippen molar-refractivity contribution in [3.05, 3.63) is 0 Å². The molecule has 0 spiro atoms. The summed E-state index contributed by atoms with van der Waals surface area (Å²) in [6.07, 6.45) is 2.18. The van der Waals surface area contributed by atoms with Gasteiger partial charge in [0.15, 0.2) is 0 Å². The smallest absolute Gasteiger partial charge is 0.236 e. The van der Waals surface area contributed by atoms with Crippen LogP contribution in [0, 0.1) is 0 Å². The lowest BCUT2D eigenvalue weighted by Gasteiger charge is -2.36. The number of ether oxygens (including phenoxy) is 1. The lowest BCUT2D eigenvalue weighted by Crippen LogP contribution is -2.48. The minimum absolute atomic E-state index is 0.0106. The number of nitrogens with one attached hydrogen (secondary N) is 1. The van der Waals surface area contributed by atoms with E-state index in [1.807, 2.05) is 4.90 Å². The molecule has 0 aromatic rings. The van der Waals surface area contributed by atoms with Gasteiger partial charge in [0.2, 0.25) is 5.91 Å². The van der Waals surface area contributed by atoms with Gasteiger partial charge in [0.05, 0.1) is 18.2 Å². The molecule has 1 amide bonds. The maximum atomic E-state index is 12.1. The van der Waals surface area contributed by atoms with Gasteiger partial charge in [0.1, 0.15) is 0 Å². The third-order valence-electron chi connectivity index (χ3n) is 3.08. The van der Waals surface area contributed by atoms with Crippen LogP contribution in [0.1, 0.15) is 54.4 Å². The van der Waals surface area contributed by atoms with Crippen LogP contribution in [0.5, 0.6) is 0 Å². The van der Waals surface area contributed by atoms with Crippen molar-refractivity contribution in [2.24, 2.45) is 0 Å². The van der Waals surface area contributed by atoms with E-state index in [4.69, 9.17) is 4.74 Å². The van der Waals surface area contributed by atoms with E-state index in [1.165, 1.54) is 0 Å². The molecule has 0 bridgehead atoms. The zero-order valence-corrected chi connectivity index (χ0v) is 13.4. The maximum absolute atomic E-state index is 12.1. The van der Waals surface area contributed by atoms with Gasteiger partial charge in [-0.05, 0) is 54.4 Å². The van der Waals surface area contributed by atoms with Crippen LogP contribution in [0.3, 0.4) is 0 Å². The summed E-state index contributed by atoms with van der Waals surface area (Å²) in [4.78, 5) is 14.0. The van der Waals surface area contributed by atoms with Gasteiger partial charge in [0, 0.05) is 18.6 Å². The molecule has 0 saturated carbocycles. The zero-order chi connectivity index (χ0) is 14.7. The molecule has 0 radical (unpaired) electrons. The summed E-state index contributed by atoms with van der Waals surface area (Å²) < 4.78 is 5.97. The van der Waals surface area contributed by atoms with Gasteiger partial charge in [-0.1, -0.05) is 0 Å². The Morgan fingerprint density at radius 3 is 2.11 bits per heavy atom. The van der Waals surface area contributed by atoms with Gasteiger partial charge in [-0.15, -0.1) is 0 Å².